The molecule has 1 saturated carbocycles. The normalized spacial score (nSPS) is 31.4. The highest BCUT2D eigenvalue weighted by Gasteiger charge is 2.52. The lowest BCUT2D eigenvalue weighted by atomic mass is 9.75. The zero-order valence-corrected chi connectivity index (χ0v) is 8.41. The molecule has 1 atom stereocenters. The van der Waals surface area contributed by atoms with Gasteiger partial charge >= 0.3 is 5.97 Å². The standard InChI is InChI=1S/C10H18N2O2/c11-7-8-3-1-6-12(8)10(9(13)14)4-2-5-10/h8H,1-7,11H2,(H,13,14). The van der Waals surface area contributed by atoms with Crippen LogP contribution in [-0.4, -0.2) is 40.6 Å². The highest BCUT2D eigenvalue weighted by molar-refractivity contribution is 5.80. The quantitative estimate of drug-likeness (QED) is 0.689. The zero-order valence-electron chi connectivity index (χ0n) is 8.41. The van der Waals surface area contributed by atoms with E-state index in [0.717, 1.165) is 38.6 Å². The van der Waals surface area contributed by atoms with Crippen LogP contribution in [0.4, 0.5) is 0 Å². The average Bonchev–Trinajstić information content (AvgIpc) is 2.50. The van der Waals surface area contributed by atoms with E-state index in [4.69, 9.17) is 5.73 Å². The van der Waals surface area contributed by atoms with Crippen molar-refractivity contribution in [3.05, 3.63) is 0 Å². The van der Waals surface area contributed by atoms with Crippen molar-refractivity contribution in [1.29, 1.82) is 0 Å². The van der Waals surface area contributed by atoms with E-state index in [9.17, 15) is 9.90 Å². The van der Waals surface area contributed by atoms with Gasteiger partial charge in [-0.25, -0.2) is 0 Å². The SMILES string of the molecule is NCC1CCCN1C1(C(=O)O)CCC1. The predicted molar refractivity (Wildman–Crippen MR) is 53.0 cm³/mol. The lowest BCUT2D eigenvalue weighted by Gasteiger charge is -2.47. The Labute approximate surface area is 84.1 Å². The topological polar surface area (TPSA) is 66.6 Å². The highest BCUT2D eigenvalue weighted by atomic mass is 16.4. The lowest BCUT2D eigenvalue weighted by Crippen LogP contribution is -2.61. The Bertz CT molecular complexity index is 238. The summed E-state index contributed by atoms with van der Waals surface area (Å²) in [6, 6.07) is 0.298. The first-order valence-electron chi connectivity index (χ1n) is 5.41. The van der Waals surface area contributed by atoms with E-state index in [0.29, 0.717) is 12.6 Å². The molecule has 80 valence electrons. The van der Waals surface area contributed by atoms with Crippen molar-refractivity contribution in [2.24, 2.45) is 5.73 Å². The highest BCUT2D eigenvalue weighted by Crippen LogP contribution is 2.41. The van der Waals surface area contributed by atoms with Crippen molar-refractivity contribution in [1.82, 2.24) is 4.90 Å². The molecule has 0 amide bonds. The summed E-state index contributed by atoms with van der Waals surface area (Å²) in [6.07, 6.45) is 4.81. The second kappa shape index (κ2) is 3.51. The number of likely N-dealkylation sites (tertiary alicyclic amines) is 1. The fraction of sp³-hybridized carbons (Fsp3) is 0.900. The van der Waals surface area contributed by atoms with Gasteiger partial charge < -0.3 is 10.8 Å². The van der Waals surface area contributed by atoms with Crippen LogP contribution in [0.25, 0.3) is 0 Å². The maximum Gasteiger partial charge on any atom is 0.324 e. The summed E-state index contributed by atoms with van der Waals surface area (Å²) in [5.74, 6) is -0.649. The van der Waals surface area contributed by atoms with Crippen molar-refractivity contribution < 1.29 is 9.90 Å². The number of aliphatic carboxylic acids is 1. The second-order valence-corrected chi connectivity index (χ2v) is 4.42. The van der Waals surface area contributed by atoms with Crippen molar-refractivity contribution in [2.75, 3.05) is 13.1 Å². The van der Waals surface area contributed by atoms with Gasteiger partial charge in [0.05, 0.1) is 0 Å². The Balaban J connectivity index is 2.15. The number of nitrogens with zero attached hydrogens (tertiary/aromatic N) is 1. The molecule has 1 heterocycles. The van der Waals surface area contributed by atoms with E-state index >= 15 is 0 Å². The van der Waals surface area contributed by atoms with Gasteiger partial charge in [0.15, 0.2) is 0 Å². The first-order chi connectivity index (χ1) is 6.70. The zero-order chi connectivity index (χ0) is 10.2. The summed E-state index contributed by atoms with van der Waals surface area (Å²) >= 11 is 0. The Kier molecular flexibility index (Phi) is 2.49. The summed E-state index contributed by atoms with van der Waals surface area (Å²) in [6.45, 7) is 1.50. The van der Waals surface area contributed by atoms with Gasteiger partial charge in [-0.05, 0) is 38.6 Å². The van der Waals surface area contributed by atoms with E-state index in [1.165, 1.54) is 0 Å². The molecule has 0 aromatic rings. The molecule has 1 aliphatic carbocycles. The van der Waals surface area contributed by atoms with E-state index in [-0.39, 0.29) is 0 Å². The monoisotopic (exact) mass is 198 g/mol. The molecule has 4 nitrogen and oxygen atoms in total. The number of hydrogen-bond donors (Lipinski definition) is 2. The van der Waals surface area contributed by atoms with E-state index in [2.05, 4.69) is 4.90 Å². The molecule has 1 unspecified atom stereocenters. The molecule has 0 radical (unpaired) electrons. The van der Waals surface area contributed by atoms with Crippen LogP contribution in [0.1, 0.15) is 32.1 Å². The van der Waals surface area contributed by atoms with Gasteiger partial charge in [0.2, 0.25) is 0 Å². The van der Waals surface area contributed by atoms with Gasteiger partial charge in [0.25, 0.3) is 0 Å². The van der Waals surface area contributed by atoms with E-state index in [1.807, 2.05) is 0 Å². The fourth-order valence-electron chi connectivity index (χ4n) is 2.78. The van der Waals surface area contributed by atoms with Crippen molar-refractivity contribution in [3.8, 4) is 0 Å². The minimum atomic E-state index is -0.649. The summed E-state index contributed by atoms with van der Waals surface area (Å²) in [4.78, 5) is 13.4. The number of carbonyl (C=O) groups is 1. The summed E-state index contributed by atoms with van der Waals surface area (Å²) in [5, 5.41) is 9.27. The lowest BCUT2D eigenvalue weighted by molar-refractivity contribution is -0.159. The molecule has 0 spiro atoms. The molecular formula is C10H18N2O2. The van der Waals surface area contributed by atoms with Gasteiger partial charge in [-0.3, -0.25) is 9.69 Å². The second-order valence-electron chi connectivity index (χ2n) is 4.42. The number of carboxylic acid groups (broad SMARTS) is 1. The van der Waals surface area contributed by atoms with Gasteiger partial charge in [-0.15, -0.1) is 0 Å². The van der Waals surface area contributed by atoms with Gasteiger partial charge in [0, 0.05) is 12.6 Å². The molecule has 2 fully saturated rings. The summed E-state index contributed by atoms with van der Waals surface area (Å²) < 4.78 is 0. The van der Waals surface area contributed by atoms with Crippen LogP contribution in [-0.2, 0) is 4.79 Å². The molecule has 2 aliphatic rings. The molecule has 2 rings (SSSR count). The van der Waals surface area contributed by atoms with Crippen LogP contribution in [0.2, 0.25) is 0 Å². The molecule has 0 aromatic heterocycles. The largest absolute Gasteiger partial charge is 0.480 e. The smallest absolute Gasteiger partial charge is 0.324 e. The van der Waals surface area contributed by atoms with Crippen molar-refractivity contribution in [3.63, 3.8) is 0 Å². The molecule has 4 heteroatoms. The predicted octanol–water partition coefficient (Wildman–Crippen LogP) is 0.417. The average molecular weight is 198 g/mol. The molecule has 14 heavy (non-hydrogen) atoms. The van der Waals surface area contributed by atoms with Crippen LogP contribution < -0.4 is 5.73 Å². The van der Waals surface area contributed by atoms with Crippen LogP contribution in [0.15, 0.2) is 0 Å². The molecule has 0 bridgehead atoms. The Hall–Kier alpha value is -0.610. The van der Waals surface area contributed by atoms with Crippen LogP contribution in [0.5, 0.6) is 0 Å². The van der Waals surface area contributed by atoms with Crippen LogP contribution in [0, 0.1) is 0 Å². The molecule has 1 saturated heterocycles. The Morgan fingerprint density at radius 3 is 2.64 bits per heavy atom. The molecule has 3 N–H and O–H groups in total. The first kappa shape index (κ1) is 9.93. The third-order valence-electron chi connectivity index (χ3n) is 3.78. The minimum absolute atomic E-state index is 0.298. The van der Waals surface area contributed by atoms with Crippen LogP contribution >= 0.6 is 0 Å². The van der Waals surface area contributed by atoms with Gasteiger partial charge in [-0.1, -0.05) is 0 Å². The number of nitrogens with two attached hydrogens (primary N) is 1. The van der Waals surface area contributed by atoms with Crippen molar-refractivity contribution >= 4 is 5.97 Å². The van der Waals surface area contributed by atoms with E-state index in [1.54, 1.807) is 0 Å². The third-order valence-corrected chi connectivity index (χ3v) is 3.78. The van der Waals surface area contributed by atoms with E-state index < -0.39 is 11.5 Å². The van der Waals surface area contributed by atoms with Crippen LogP contribution in [0.3, 0.4) is 0 Å². The number of carboxylic acids is 1. The Morgan fingerprint density at radius 1 is 1.50 bits per heavy atom. The minimum Gasteiger partial charge on any atom is -0.480 e. The first-order valence-corrected chi connectivity index (χ1v) is 5.41. The third kappa shape index (κ3) is 1.25. The van der Waals surface area contributed by atoms with Crippen molar-refractivity contribution in [2.45, 2.75) is 43.7 Å². The fourth-order valence-corrected chi connectivity index (χ4v) is 2.78. The summed E-state index contributed by atoms with van der Waals surface area (Å²) in [7, 11) is 0. The van der Waals surface area contributed by atoms with Gasteiger partial charge in [-0.2, -0.15) is 0 Å². The Morgan fingerprint density at radius 2 is 2.21 bits per heavy atom. The number of hydrogen-bond acceptors (Lipinski definition) is 3. The molecule has 1 aliphatic heterocycles. The maximum atomic E-state index is 11.3. The number of rotatable bonds is 3. The van der Waals surface area contributed by atoms with Gasteiger partial charge in [0.1, 0.15) is 5.54 Å². The molecule has 0 aromatic carbocycles. The molecular weight excluding hydrogens is 180 g/mol. The maximum absolute atomic E-state index is 11.3. The summed E-state index contributed by atoms with van der Waals surface area (Å²) in [5.41, 5.74) is 5.11.